The Morgan fingerprint density at radius 3 is 1.09 bits per heavy atom. The fourth-order valence-electron chi connectivity index (χ4n) is 6.19. The second-order valence-electron chi connectivity index (χ2n) is 13.8. The molecular formula is C43H52Br4N4Ni2O. The van der Waals surface area contributed by atoms with Crippen LogP contribution in [0.25, 0.3) is 22.3 Å². The average molecular weight is 1080 g/mol. The normalized spacial score (nSPS) is 10.8. The standard InChI is InChI=1S/C43H48N4O.4BrH.2Ni/c1-26(2)36-18-31(19-37(27(3)4)42(36)46-24-33-14-10-12-16-44-33)40-22-35(48)23-41(30(40)9)32-20-38(28(5)6)43(39(21-32)29(7)8)47-25-34-15-11-13-17-45-34;;;;;;/h10-29,48H,1-9H3;4*1H;;. The molecule has 5 rings (SSSR count). The molecule has 0 aliphatic rings. The second kappa shape index (κ2) is 24.6. The van der Waals surface area contributed by atoms with E-state index in [1.807, 2.05) is 61.0 Å². The molecule has 0 radical (unpaired) electrons. The van der Waals surface area contributed by atoms with Crippen LogP contribution in [0.1, 0.15) is 118 Å². The van der Waals surface area contributed by atoms with Crippen molar-refractivity contribution in [1.82, 2.24) is 9.97 Å². The van der Waals surface area contributed by atoms with Gasteiger partial charge in [-0.3, -0.25) is 20.0 Å². The van der Waals surface area contributed by atoms with Crippen LogP contribution in [0.4, 0.5) is 11.4 Å². The van der Waals surface area contributed by atoms with E-state index < -0.39 is 0 Å². The molecule has 3 aromatic carbocycles. The summed E-state index contributed by atoms with van der Waals surface area (Å²) in [6.45, 7) is 19.9. The van der Waals surface area contributed by atoms with Crippen molar-refractivity contribution in [2.24, 2.45) is 9.98 Å². The van der Waals surface area contributed by atoms with E-state index in [1.54, 1.807) is 12.4 Å². The minimum Gasteiger partial charge on any atom is -0.508 e. The average Bonchev–Trinajstić information content (AvgIpc) is 3.07. The minimum absolute atomic E-state index is 0. The summed E-state index contributed by atoms with van der Waals surface area (Å²) in [6.07, 6.45) is 7.29. The summed E-state index contributed by atoms with van der Waals surface area (Å²) in [5, 5.41) is 11.2. The van der Waals surface area contributed by atoms with Gasteiger partial charge in [-0.25, -0.2) is 0 Å². The third-order valence-corrected chi connectivity index (χ3v) is 8.87. The molecule has 0 aliphatic carbocycles. The summed E-state index contributed by atoms with van der Waals surface area (Å²) < 4.78 is 0. The SMILES string of the molecule is Br.Br.Br.Br.Cc1c(-c2cc(C(C)C)c(N=Cc3ccccn3)c(C(C)C)c2)cc(O)cc1-c1cc(C(C)C)c(N=Cc2ccccn2)c(C(C)C)c1.[Ni].[Ni]. The Labute approximate surface area is 384 Å². The monoisotopic (exact) mass is 1070 g/mol. The summed E-state index contributed by atoms with van der Waals surface area (Å²) in [6, 6.07) is 24.5. The molecule has 0 saturated heterocycles. The van der Waals surface area contributed by atoms with Crippen LogP contribution in [-0.2, 0) is 33.0 Å². The zero-order valence-corrected chi connectivity index (χ0v) is 40.9. The molecule has 5 aromatic rings. The molecule has 0 amide bonds. The Kier molecular flexibility index (Phi) is 24.6. The van der Waals surface area contributed by atoms with Gasteiger partial charge in [0.05, 0.1) is 35.2 Å². The molecule has 11 heteroatoms. The Hall–Kier alpha value is -1.99. The predicted molar refractivity (Wildman–Crippen MR) is 244 cm³/mol. The Bertz CT molecular complexity index is 1770. The predicted octanol–water partition coefficient (Wildman–Crippen LogP) is 14.1. The Morgan fingerprint density at radius 1 is 0.519 bits per heavy atom. The van der Waals surface area contributed by atoms with Crippen molar-refractivity contribution in [2.75, 3.05) is 0 Å². The maximum atomic E-state index is 11.2. The van der Waals surface area contributed by atoms with Crippen molar-refractivity contribution >= 4 is 91.7 Å². The van der Waals surface area contributed by atoms with Crippen LogP contribution >= 0.6 is 67.9 Å². The van der Waals surface area contributed by atoms with Gasteiger partial charge in [0, 0.05) is 45.4 Å². The van der Waals surface area contributed by atoms with Crippen LogP contribution in [0.15, 0.2) is 95.2 Å². The number of phenols is 1. The molecule has 0 bridgehead atoms. The van der Waals surface area contributed by atoms with Gasteiger partial charge in [-0.1, -0.05) is 67.5 Å². The molecule has 0 fully saturated rings. The first-order chi connectivity index (χ1) is 22.9. The number of nitrogens with zero attached hydrogens (tertiary/aromatic N) is 4. The molecule has 1 N–H and O–H groups in total. The van der Waals surface area contributed by atoms with Crippen LogP contribution in [0.3, 0.4) is 0 Å². The number of pyridine rings is 2. The zero-order chi connectivity index (χ0) is 34.5. The Balaban J connectivity index is 0. The van der Waals surface area contributed by atoms with E-state index in [9.17, 15) is 5.11 Å². The number of hydrogen-bond donors (Lipinski definition) is 1. The molecular weight excluding hydrogens is 1030 g/mol. The molecule has 54 heavy (non-hydrogen) atoms. The van der Waals surface area contributed by atoms with Gasteiger partial charge < -0.3 is 5.11 Å². The van der Waals surface area contributed by atoms with E-state index in [4.69, 9.17) is 9.98 Å². The molecule has 5 nitrogen and oxygen atoms in total. The van der Waals surface area contributed by atoms with Gasteiger partial charge in [-0.15, -0.1) is 67.9 Å². The van der Waals surface area contributed by atoms with Crippen LogP contribution < -0.4 is 0 Å². The second-order valence-corrected chi connectivity index (χ2v) is 13.8. The van der Waals surface area contributed by atoms with Crippen molar-refractivity contribution in [2.45, 2.75) is 86.0 Å². The third-order valence-electron chi connectivity index (χ3n) is 8.87. The van der Waals surface area contributed by atoms with Gasteiger partial charge in [0.15, 0.2) is 0 Å². The van der Waals surface area contributed by atoms with Crippen molar-refractivity contribution in [3.63, 3.8) is 0 Å². The molecule has 298 valence electrons. The first-order valence-corrected chi connectivity index (χ1v) is 17.0. The van der Waals surface area contributed by atoms with Crippen LogP contribution in [0.5, 0.6) is 5.75 Å². The maximum absolute atomic E-state index is 11.2. The number of halogens is 4. The van der Waals surface area contributed by atoms with Crippen molar-refractivity contribution < 1.29 is 38.1 Å². The smallest absolute Gasteiger partial charge is 0.116 e. The molecule has 2 heterocycles. The topological polar surface area (TPSA) is 70.7 Å². The first-order valence-electron chi connectivity index (χ1n) is 17.0. The van der Waals surface area contributed by atoms with Crippen molar-refractivity contribution in [3.8, 4) is 28.0 Å². The molecule has 2 aromatic heterocycles. The number of phenolic OH excluding ortho intramolecular Hbond substituents is 1. The quantitative estimate of drug-likeness (QED) is 0.112. The molecule has 0 atom stereocenters. The van der Waals surface area contributed by atoms with Crippen LogP contribution in [-0.4, -0.2) is 27.5 Å². The zero-order valence-electron chi connectivity index (χ0n) is 32.0. The number of benzene rings is 3. The Morgan fingerprint density at radius 2 is 0.833 bits per heavy atom. The fraction of sp³-hybridized carbons (Fsp3) is 0.302. The van der Waals surface area contributed by atoms with Crippen molar-refractivity contribution in [1.29, 1.82) is 0 Å². The summed E-state index contributed by atoms with van der Waals surface area (Å²) in [7, 11) is 0. The van der Waals surface area contributed by atoms with E-state index in [0.717, 1.165) is 50.6 Å². The molecule has 0 aliphatic heterocycles. The third kappa shape index (κ3) is 13.0. The number of aromatic hydroxyl groups is 1. The van der Waals surface area contributed by atoms with Gasteiger partial charge in [0.1, 0.15) is 5.75 Å². The number of aromatic nitrogens is 2. The first kappa shape index (κ1) is 54.1. The number of hydrogen-bond acceptors (Lipinski definition) is 5. The van der Waals surface area contributed by atoms with E-state index >= 15 is 0 Å². The summed E-state index contributed by atoms with van der Waals surface area (Å²) in [4.78, 5) is 18.9. The van der Waals surface area contributed by atoms with E-state index in [-0.39, 0.29) is 130 Å². The van der Waals surface area contributed by atoms with Crippen molar-refractivity contribution in [3.05, 3.63) is 124 Å². The van der Waals surface area contributed by atoms with Gasteiger partial charge in [-0.2, -0.15) is 0 Å². The minimum atomic E-state index is 0. The number of aliphatic imine (C=N–C) groups is 2. The van der Waals surface area contributed by atoms with E-state index in [1.165, 1.54) is 22.3 Å². The van der Waals surface area contributed by atoms with Gasteiger partial charge in [-0.05, 0) is 141 Å². The number of rotatable bonds is 10. The summed E-state index contributed by atoms with van der Waals surface area (Å²) in [5.41, 5.74) is 13.7. The summed E-state index contributed by atoms with van der Waals surface area (Å²) in [5.74, 6) is 1.23. The maximum Gasteiger partial charge on any atom is 0.116 e. The van der Waals surface area contributed by atoms with Gasteiger partial charge >= 0.3 is 0 Å². The largest absolute Gasteiger partial charge is 0.508 e. The summed E-state index contributed by atoms with van der Waals surface area (Å²) >= 11 is 0. The van der Waals surface area contributed by atoms with E-state index in [0.29, 0.717) is 0 Å². The molecule has 0 saturated carbocycles. The van der Waals surface area contributed by atoms with Crippen LogP contribution in [0.2, 0.25) is 0 Å². The van der Waals surface area contributed by atoms with Crippen LogP contribution in [0, 0.1) is 6.92 Å². The fourth-order valence-corrected chi connectivity index (χ4v) is 6.19. The molecule has 0 unspecified atom stereocenters. The molecule has 0 spiro atoms. The van der Waals surface area contributed by atoms with E-state index in [2.05, 4.69) is 96.5 Å². The van der Waals surface area contributed by atoms with Gasteiger partial charge in [0.2, 0.25) is 0 Å². The van der Waals surface area contributed by atoms with Gasteiger partial charge in [0.25, 0.3) is 0 Å².